The van der Waals surface area contributed by atoms with Crippen LogP contribution < -0.4 is 0 Å². The zero-order valence-corrected chi connectivity index (χ0v) is 9.23. The van der Waals surface area contributed by atoms with Gasteiger partial charge in [-0.1, -0.05) is 25.9 Å². The molecule has 0 saturated heterocycles. The molecule has 1 aromatic heterocycles. The van der Waals surface area contributed by atoms with Crippen molar-refractivity contribution < 1.29 is 4.52 Å². The molecule has 0 aliphatic heterocycles. The Kier molecular flexibility index (Phi) is 4.28. The van der Waals surface area contributed by atoms with Gasteiger partial charge in [-0.2, -0.15) is 16.7 Å². The molecule has 0 aromatic carbocycles. The second kappa shape index (κ2) is 5.27. The average Bonchev–Trinajstić information content (AvgIpc) is 2.48. The van der Waals surface area contributed by atoms with E-state index in [1.54, 1.807) is 11.8 Å². The minimum absolute atomic E-state index is 0.587. The molecule has 0 atom stereocenters. The molecule has 0 spiro atoms. The first kappa shape index (κ1) is 10.6. The van der Waals surface area contributed by atoms with Gasteiger partial charge in [0.15, 0.2) is 5.82 Å². The van der Waals surface area contributed by atoms with Crippen LogP contribution in [0.3, 0.4) is 0 Å². The van der Waals surface area contributed by atoms with Crippen LogP contribution in [0.4, 0.5) is 0 Å². The highest BCUT2D eigenvalue weighted by Gasteiger charge is 2.06. The van der Waals surface area contributed by atoms with Crippen molar-refractivity contribution >= 4 is 11.8 Å². The minimum Gasteiger partial charge on any atom is -0.338 e. The van der Waals surface area contributed by atoms with Crippen LogP contribution in [0.5, 0.6) is 0 Å². The first-order valence-corrected chi connectivity index (χ1v) is 5.77. The molecule has 74 valence electrons. The quantitative estimate of drug-likeness (QED) is 0.732. The number of rotatable bonds is 5. The fraction of sp³-hybridized carbons (Fsp3) is 0.778. The van der Waals surface area contributed by atoms with Gasteiger partial charge < -0.3 is 4.52 Å². The molecule has 3 nitrogen and oxygen atoms in total. The summed E-state index contributed by atoms with van der Waals surface area (Å²) in [7, 11) is 0. The largest absolute Gasteiger partial charge is 0.338 e. The van der Waals surface area contributed by atoms with E-state index in [9.17, 15) is 0 Å². The lowest BCUT2D eigenvalue weighted by Gasteiger charge is -1.95. The lowest BCUT2D eigenvalue weighted by molar-refractivity contribution is 0.382. The second-order valence-corrected chi connectivity index (χ2v) is 4.61. The third-order valence-corrected chi connectivity index (χ3v) is 2.39. The molecule has 0 bridgehead atoms. The molecule has 1 heterocycles. The molecule has 0 N–H and O–H groups in total. The Bertz CT molecular complexity index is 248. The van der Waals surface area contributed by atoms with E-state index >= 15 is 0 Å². The number of aromatic nitrogens is 2. The summed E-state index contributed by atoms with van der Waals surface area (Å²) in [5.74, 6) is 4.09. The maximum absolute atomic E-state index is 5.09. The van der Waals surface area contributed by atoms with E-state index < -0.39 is 0 Å². The molecule has 4 heteroatoms. The number of nitrogens with zero attached hydrogens (tertiary/aromatic N) is 2. The van der Waals surface area contributed by atoms with E-state index in [0.29, 0.717) is 5.92 Å². The Morgan fingerprint density at radius 2 is 2.23 bits per heavy atom. The number of hydrogen-bond donors (Lipinski definition) is 0. The van der Waals surface area contributed by atoms with Crippen LogP contribution >= 0.6 is 11.8 Å². The number of thioether (sulfide) groups is 1. The third-order valence-electron chi connectivity index (χ3n) is 1.53. The fourth-order valence-corrected chi connectivity index (χ4v) is 1.48. The van der Waals surface area contributed by atoms with Crippen LogP contribution in [-0.2, 0) is 12.2 Å². The summed E-state index contributed by atoms with van der Waals surface area (Å²) in [5.41, 5.74) is 0. The topological polar surface area (TPSA) is 38.9 Å². The standard InChI is InChI=1S/C9H16N2OS/c1-4-13-6-9-10-8(11-12-9)5-7(2)3/h7H,4-6H2,1-3H3. The van der Waals surface area contributed by atoms with Gasteiger partial charge >= 0.3 is 0 Å². The summed E-state index contributed by atoms with van der Waals surface area (Å²) >= 11 is 1.80. The van der Waals surface area contributed by atoms with Gasteiger partial charge in [-0.15, -0.1) is 0 Å². The lowest BCUT2D eigenvalue weighted by atomic mass is 10.1. The van der Waals surface area contributed by atoms with E-state index in [2.05, 4.69) is 30.9 Å². The molecule has 0 fully saturated rings. The van der Waals surface area contributed by atoms with E-state index in [4.69, 9.17) is 4.52 Å². The second-order valence-electron chi connectivity index (χ2n) is 3.34. The van der Waals surface area contributed by atoms with Gasteiger partial charge in [0.25, 0.3) is 0 Å². The Balaban J connectivity index is 2.44. The maximum atomic E-state index is 5.09. The monoisotopic (exact) mass is 200 g/mol. The van der Waals surface area contributed by atoms with Gasteiger partial charge in [0.05, 0.1) is 5.75 Å². The molecule has 0 aliphatic rings. The highest BCUT2D eigenvalue weighted by atomic mass is 32.2. The van der Waals surface area contributed by atoms with Gasteiger partial charge in [-0.3, -0.25) is 0 Å². The first-order chi connectivity index (χ1) is 6.22. The van der Waals surface area contributed by atoms with Crippen molar-refractivity contribution in [1.82, 2.24) is 10.1 Å². The van der Waals surface area contributed by atoms with E-state index in [-0.39, 0.29) is 0 Å². The smallest absolute Gasteiger partial charge is 0.236 e. The Labute approximate surface area is 83.3 Å². The highest BCUT2D eigenvalue weighted by Crippen LogP contribution is 2.11. The normalized spacial score (nSPS) is 11.1. The molecule has 13 heavy (non-hydrogen) atoms. The molecule has 0 saturated carbocycles. The van der Waals surface area contributed by atoms with Crippen LogP contribution in [-0.4, -0.2) is 15.9 Å². The molecule has 0 amide bonds. The summed E-state index contributed by atoms with van der Waals surface area (Å²) in [4.78, 5) is 4.29. The SMILES string of the molecule is CCSCc1nc(CC(C)C)no1. The van der Waals surface area contributed by atoms with E-state index in [1.165, 1.54) is 0 Å². The summed E-state index contributed by atoms with van der Waals surface area (Å²) in [5, 5.41) is 3.91. The fourth-order valence-electron chi connectivity index (χ4n) is 0.986. The maximum Gasteiger partial charge on any atom is 0.236 e. The predicted octanol–water partition coefficient (Wildman–Crippen LogP) is 2.52. The molecule has 0 aliphatic carbocycles. The Morgan fingerprint density at radius 1 is 1.46 bits per heavy atom. The van der Waals surface area contributed by atoms with Crippen LogP contribution in [0.2, 0.25) is 0 Å². The van der Waals surface area contributed by atoms with Crippen LogP contribution in [0, 0.1) is 5.92 Å². The van der Waals surface area contributed by atoms with Crippen LogP contribution in [0.1, 0.15) is 32.5 Å². The Hall–Kier alpha value is -0.510. The van der Waals surface area contributed by atoms with Crippen LogP contribution in [0.25, 0.3) is 0 Å². The molecular weight excluding hydrogens is 184 g/mol. The zero-order valence-electron chi connectivity index (χ0n) is 8.41. The zero-order chi connectivity index (χ0) is 9.68. The van der Waals surface area contributed by atoms with Crippen molar-refractivity contribution in [1.29, 1.82) is 0 Å². The van der Waals surface area contributed by atoms with Crippen molar-refractivity contribution in [2.75, 3.05) is 5.75 Å². The van der Waals surface area contributed by atoms with Gasteiger partial charge in [-0.25, -0.2) is 0 Å². The molecule has 1 aromatic rings. The molecule has 1 rings (SSSR count). The molecular formula is C9H16N2OS. The summed E-state index contributed by atoms with van der Waals surface area (Å²) in [6.45, 7) is 6.42. The summed E-state index contributed by atoms with van der Waals surface area (Å²) in [6, 6.07) is 0. The average molecular weight is 200 g/mol. The van der Waals surface area contributed by atoms with Crippen molar-refractivity contribution in [3.63, 3.8) is 0 Å². The van der Waals surface area contributed by atoms with Crippen molar-refractivity contribution in [2.24, 2.45) is 5.92 Å². The molecule has 0 radical (unpaired) electrons. The van der Waals surface area contributed by atoms with Gasteiger partial charge in [-0.05, 0) is 11.7 Å². The van der Waals surface area contributed by atoms with Crippen molar-refractivity contribution in [2.45, 2.75) is 32.9 Å². The van der Waals surface area contributed by atoms with E-state index in [1.807, 2.05) is 0 Å². The predicted molar refractivity (Wildman–Crippen MR) is 54.7 cm³/mol. The summed E-state index contributed by atoms with van der Waals surface area (Å²) in [6.07, 6.45) is 0.903. The third kappa shape index (κ3) is 3.81. The minimum atomic E-state index is 0.587. The molecule has 0 unspecified atom stereocenters. The van der Waals surface area contributed by atoms with Crippen LogP contribution in [0.15, 0.2) is 4.52 Å². The van der Waals surface area contributed by atoms with Gasteiger partial charge in [0, 0.05) is 6.42 Å². The van der Waals surface area contributed by atoms with E-state index in [0.717, 1.165) is 29.6 Å². The van der Waals surface area contributed by atoms with Gasteiger partial charge in [0.2, 0.25) is 5.89 Å². The lowest BCUT2D eigenvalue weighted by Crippen LogP contribution is -1.96. The highest BCUT2D eigenvalue weighted by molar-refractivity contribution is 7.98. The Morgan fingerprint density at radius 3 is 2.85 bits per heavy atom. The summed E-state index contributed by atoms with van der Waals surface area (Å²) < 4.78 is 5.09. The van der Waals surface area contributed by atoms with Crippen molar-refractivity contribution in [3.8, 4) is 0 Å². The van der Waals surface area contributed by atoms with Crippen molar-refractivity contribution in [3.05, 3.63) is 11.7 Å². The number of hydrogen-bond acceptors (Lipinski definition) is 4. The van der Waals surface area contributed by atoms with Gasteiger partial charge in [0.1, 0.15) is 0 Å². The first-order valence-electron chi connectivity index (χ1n) is 4.61.